The Hall–Kier alpha value is -2.82. The normalized spacial score (nSPS) is 9.91. The summed E-state index contributed by atoms with van der Waals surface area (Å²) in [6.45, 7) is 2.33. The third-order valence-corrected chi connectivity index (χ3v) is 3.08. The maximum absolute atomic E-state index is 12.5. The summed E-state index contributed by atoms with van der Waals surface area (Å²) in [6.07, 6.45) is 0. The second kappa shape index (κ2) is 7.26. The molecule has 2 aromatic rings. The van der Waals surface area contributed by atoms with Crippen LogP contribution in [-0.2, 0) is 0 Å². The molecule has 0 aliphatic carbocycles. The number of ether oxygens (including phenoxy) is 1. The van der Waals surface area contributed by atoms with Crippen molar-refractivity contribution in [3.63, 3.8) is 0 Å². The zero-order valence-corrected chi connectivity index (χ0v) is 12.6. The molecule has 2 rings (SSSR count). The Morgan fingerprint density at radius 2 is 1.59 bits per heavy atom. The van der Waals surface area contributed by atoms with Gasteiger partial charge in [0.2, 0.25) is 0 Å². The fourth-order valence-corrected chi connectivity index (χ4v) is 2.05. The lowest BCUT2D eigenvalue weighted by molar-refractivity contribution is 0.0964. The van der Waals surface area contributed by atoms with Gasteiger partial charge in [0, 0.05) is 7.05 Å². The molecular formula is C17H18N2O3. The van der Waals surface area contributed by atoms with E-state index in [2.05, 4.69) is 10.6 Å². The van der Waals surface area contributed by atoms with Crippen LogP contribution in [0.1, 0.15) is 27.6 Å². The molecule has 0 fully saturated rings. The molecule has 5 nitrogen and oxygen atoms in total. The Balaban J connectivity index is 2.28. The molecule has 0 aromatic heterocycles. The number of para-hydroxylation sites is 2. The fourth-order valence-electron chi connectivity index (χ4n) is 2.05. The van der Waals surface area contributed by atoms with Crippen LogP contribution in [0, 0.1) is 0 Å². The van der Waals surface area contributed by atoms with Gasteiger partial charge in [0.15, 0.2) is 0 Å². The van der Waals surface area contributed by atoms with Crippen molar-refractivity contribution in [3.8, 4) is 5.75 Å². The van der Waals surface area contributed by atoms with E-state index in [-0.39, 0.29) is 11.8 Å². The van der Waals surface area contributed by atoms with Gasteiger partial charge in [-0.25, -0.2) is 0 Å². The van der Waals surface area contributed by atoms with E-state index in [0.29, 0.717) is 29.2 Å². The van der Waals surface area contributed by atoms with Gasteiger partial charge in [-0.3, -0.25) is 9.59 Å². The molecule has 0 aliphatic rings. The Morgan fingerprint density at radius 3 is 2.27 bits per heavy atom. The summed E-state index contributed by atoms with van der Waals surface area (Å²) in [5.41, 5.74) is 1.29. The van der Waals surface area contributed by atoms with Gasteiger partial charge >= 0.3 is 0 Å². The highest BCUT2D eigenvalue weighted by Gasteiger charge is 2.15. The van der Waals surface area contributed by atoms with Crippen molar-refractivity contribution in [2.24, 2.45) is 0 Å². The van der Waals surface area contributed by atoms with Crippen molar-refractivity contribution < 1.29 is 14.3 Å². The molecule has 2 N–H and O–H groups in total. The van der Waals surface area contributed by atoms with Gasteiger partial charge in [0.25, 0.3) is 11.8 Å². The van der Waals surface area contributed by atoms with E-state index >= 15 is 0 Å². The summed E-state index contributed by atoms with van der Waals surface area (Å²) in [4.78, 5) is 24.3. The standard InChI is InChI=1S/C17H18N2O3/c1-3-22-15-11-7-5-9-13(15)17(21)19-14-10-6-4-8-12(14)16(20)18-2/h4-11H,3H2,1-2H3,(H,18,20)(H,19,21). The zero-order valence-electron chi connectivity index (χ0n) is 12.6. The van der Waals surface area contributed by atoms with Gasteiger partial charge in [-0.05, 0) is 31.2 Å². The molecule has 0 atom stereocenters. The summed E-state index contributed by atoms with van der Waals surface area (Å²) < 4.78 is 5.45. The van der Waals surface area contributed by atoms with Crippen LogP contribution in [0.5, 0.6) is 5.75 Å². The van der Waals surface area contributed by atoms with E-state index in [1.165, 1.54) is 0 Å². The lowest BCUT2D eigenvalue weighted by atomic mass is 10.1. The van der Waals surface area contributed by atoms with Crippen molar-refractivity contribution in [1.82, 2.24) is 5.32 Å². The van der Waals surface area contributed by atoms with Crippen LogP contribution in [0.2, 0.25) is 0 Å². The van der Waals surface area contributed by atoms with Gasteiger partial charge in [0.05, 0.1) is 23.4 Å². The second-order valence-corrected chi connectivity index (χ2v) is 4.51. The second-order valence-electron chi connectivity index (χ2n) is 4.51. The van der Waals surface area contributed by atoms with Crippen LogP contribution in [0.3, 0.4) is 0 Å². The smallest absolute Gasteiger partial charge is 0.259 e. The van der Waals surface area contributed by atoms with Gasteiger partial charge in [-0.15, -0.1) is 0 Å². The van der Waals surface area contributed by atoms with Crippen molar-refractivity contribution >= 4 is 17.5 Å². The molecule has 0 saturated heterocycles. The number of hydrogen-bond donors (Lipinski definition) is 2. The van der Waals surface area contributed by atoms with E-state index in [1.807, 2.05) is 6.92 Å². The Bertz CT molecular complexity index is 683. The number of nitrogens with one attached hydrogen (secondary N) is 2. The number of carbonyl (C=O) groups excluding carboxylic acids is 2. The number of hydrogen-bond acceptors (Lipinski definition) is 3. The molecule has 22 heavy (non-hydrogen) atoms. The number of carbonyl (C=O) groups is 2. The summed E-state index contributed by atoms with van der Waals surface area (Å²) in [5, 5.41) is 5.31. The molecule has 0 saturated carbocycles. The van der Waals surface area contributed by atoms with Crippen LogP contribution >= 0.6 is 0 Å². The molecule has 2 amide bonds. The summed E-state index contributed by atoms with van der Waals surface area (Å²) in [5.74, 6) is -0.0608. The molecular weight excluding hydrogens is 280 g/mol. The number of anilines is 1. The Labute approximate surface area is 129 Å². The van der Waals surface area contributed by atoms with Crippen LogP contribution in [-0.4, -0.2) is 25.5 Å². The van der Waals surface area contributed by atoms with Crippen LogP contribution in [0.15, 0.2) is 48.5 Å². The summed E-state index contributed by atoms with van der Waals surface area (Å²) in [6, 6.07) is 13.8. The quantitative estimate of drug-likeness (QED) is 0.892. The highest BCUT2D eigenvalue weighted by Crippen LogP contribution is 2.21. The minimum atomic E-state index is -0.319. The molecule has 0 aliphatic heterocycles. The number of amides is 2. The fraction of sp³-hybridized carbons (Fsp3) is 0.176. The van der Waals surface area contributed by atoms with Crippen molar-refractivity contribution in [2.45, 2.75) is 6.92 Å². The van der Waals surface area contributed by atoms with Crippen LogP contribution in [0.4, 0.5) is 5.69 Å². The lowest BCUT2D eigenvalue weighted by Crippen LogP contribution is -2.21. The number of benzene rings is 2. The van der Waals surface area contributed by atoms with Crippen LogP contribution < -0.4 is 15.4 Å². The van der Waals surface area contributed by atoms with Gasteiger partial charge < -0.3 is 15.4 Å². The predicted octanol–water partition coefficient (Wildman–Crippen LogP) is 2.70. The maximum Gasteiger partial charge on any atom is 0.259 e. The van der Waals surface area contributed by atoms with Gasteiger partial charge in [0.1, 0.15) is 5.75 Å². The minimum absolute atomic E-state index is 0.256. The molecule has 114 valence electrons. The van der Waals surface area contributed by atoms with Crippen molar-refractivity contribution in [3.05, 3.63) is 59.7 Å². The lowest BCUT2D eigenvalue weighted by Gasteiger charge is -2.12. The van der Waals surface area contributed by atoms with E-state index in [1.54, 1.807) is 55.6 Å². The highest BCUT2D eigenvalue weighted by atomic mass is 16.5. The molecule has 5 heteroatoms. The average Bonchev–Trinajstić information content (AvgIpc) is 2.55. The summed E-state index contributed by atoms with van der Waals surface area (Å²) in [7, 11) is 1.55. The average molecular weight is 298 g/mol. The monoisotopic (exact) mass is 298 g/mol. The van der Waals surface area contributed by atoms with E-state index in [0.717, 1.165) is 0 Å². The first-order chi connectivity index (χ1) is 10.7. The van der Waals surface area contributed by atoms with Crippen molar-refractivity contribution in [2.75, 3.05) is 19.0 Å². The first-order valence-corrected chi connectivity index (χ1v) is 7.01. The molecule has 0 radical (unpaired) electrons. The molecule has 0 unspecified atom stereocenters. The van der Waals surface area contributed by atoms with Crippen molar-refractivity contribution in [1.29, 1.82) is 0 Å². The third kappa shape index (κ3) is 3.44. The van der Waals surface area contributed by atoms with E-state index in [9.17, 15) is 9.59 Å². The number of rotatable bonds is 5. The maximum atomic E-state index is 12.5. The first-order valence-electron chi connectivity index (χ1n) is 7.01. The highest BCUT2D eigenvalue weighted by molar-refractivity contribution is 6.10. The Morgan fingerprint density at radius 1 is 0.955 bits per heavy atom. The predicted molar refractivity (Wildman–Crippen MR) is 85.4 cm³/mol. The topological polar surface area (TPSA) is 67.4 Å². The molecule has 0 heterocycles. The molecule has 0 bridgehead atoms. The van der Waals surface area contributed by atoms with E-state index < -0.39 is 0 Å². The molecule has 2 aromatic carbocycles. The van der Waals surface area contributed by atoms with Crippen LogP contribution in [0.25, 0.3) is 0 Å². The van der Waals surface area contributed by atoms with E-state index in [4.69, 9.17) is 4.74 Å². The van der Waals surface area contributed by atoms with Gasteiger partial charge in [-0.1, -0.05) is 24.3 Å². The third-order valence-electron chi connectivity index (χ3n) is 3.08. The Kier molecular flexibility index (Phi) is 5.14. The first kappa shape index (κ1) is 15.6. The van der Waals surface area contributed by atoms with Gasteiger partial charge in [-0.2, -0.15) is 0 Å². The minimum Gasteiger partial charge on any atom is -0.493 e. The SMILES string of the molecule is CCOc1ccccc1C(=O)Nc1ccccc1C(=O)NC. The zero-order chi connectivity index (χ0) is 15.9. The largest absolute Gasteiger partial charge is 0.493 e. The molecule has 0 spiro atoms. The summed E-state index contributed by atoms with van der Waals surface area (Å²) >= 11 is 0.